The molecular formula is C15H30N2O. The monoisotopic (exact) mass is 254 g/mol. The second-order valence-electron chi connectivity index (χ2n) is 6.58. The fourth-order valence-electron chi connectivity index (χ4n) is 3.87. The minimum absolute atomic E-state index is 0.0246. The van der Waals surface area contributed by atoms with Gasteiger partial charge in [-0.1, -0.05) is 19.8 Å². The molecule has 3 heteroatoms. The average molecular weight is 254 g/mol. The van der Waals surface area contributed by atoms with Gasteiger partial charge in [-0.3, -0.25) is 0 Å². The maximum atomic E-state index is 9.38. The Bertz CT molecular complexity index is 253. The van der Waals surface area contributed by atoms with Crippen molar-refractivity contribution in [3.05, 3.63) is 0 Å². The lowest BCUT2D eigenvalue weighted by atomic mass is 9.75. The first kappa shape index (κ1) is 14.3. The molecule has 0 aromatic rings. The Morgan fingerprint density at radius 1 is 1.17 bits per heavy atom. The predicted octanol–water partition coefficient (Wildman–Crippen LogP) is 1.84. The molecule has 0 radical (unpaired) electrons. The first-order valence-corrected chi connectivity index (χ1v) is 7.72. The first-order valence-electron chi connectivity index (χ1n) is 7.72. The number of hydrogen-bond donors (Lipinski definition) is 2. The molecule has 0 spiro atoms. The lowest BCUT2D eigenvalue weighted by molar-refractivity contribution is 0.00825. The molecule has 0 aromatic heterocycles. The fourth-order valence-corrected chi connectivity index (χ4v) is 3.87. The van der Waals surface area contributed by atoms with Crippen LogP contribution in [0.4, 0.5) is 0 Å². The smallest absolute Gasteiger partial charge is 0.0546 e. The Morgan fingerprint density at radius 2 is 1.89 bits per heavy atom. The van der Waals surface area contributed by atoms with Crippen LogP contribution in [0, 0.1) is 17.8 Å². The largest absolute Gasteiger partial charge is 0.393 e. The second kappa shape index (κ2) is 6.36. The molecule has 0 aromatic carbocycles. The molecular weight excluding hydrogens is 224 g/mol. The number of hydrogen-bond acceptors (Lipinski definition) is 3. The summed E-state index contributed by atoms with van der Waals surface area (Å²) in [5, 5.41) is 9.38. The van der Waals surface area contributed by atoms with Gasteiger partial charge in [-0.2, -0.15) is 0 Å². The lowest BCUT2D eigenvalue weighted by Crippen LogP contribution is -2.48. The van der Waals surface area contributed by atoms with E-state index < -0.39 is 0 Å². The fraction of sp³-hybridized carbons (Fsp3) is 1.00. The Labute approximate surface area is 112 Å². The van der Waals surface area contributed by atoms with Crippen LogP contribution in [0.15, 0.2) is 0 Å². The summed E-state index contributed by atoms with van der Waals surface area (Å²) in [5.41, 5.74) is 5.95. The van der Waals surface area contributed by atoms with E-state index in [-0.39, 0.29) is 6.10 Å². The number of rotatable bonds is 5. The molecule has 2 aliphatic rings. The van der Waals surface area contributed by atoms with Crippen LogP contribution in [-0.4, -0.2) is 42.3 Å². The molecule has 0 bridgehead atoms. The van der Waals surface area contributed by atoms with Gasteiger partial charge in [0.25, 0.3) is 0 Å². The van der Waals surface area contributed by atoms with Crippen LogP contribution in [-0.2, 0) is 0 Å². The third-order valence-corrected chi connectivity index (χ3v) is 5.27. The molecule has 106 valence electrons. The van der Waals surface area contributed by atoms with Crippen molar-refractivity contribution in [3.8, 4) is 0 Å². The number of nitrogens with two attached hydrogens (primary N) is 1. The Morgan fingerprint density at radius 3 is 2.44 bits per heavy atom. The van der Waals surface area contributed by atoms with E-state index >= 15 is 0 Å². The summed E-state index contributed by atoms with van der Waals surface area (Å²) < 4.78 is 0. The minimum atomic E-state index is -0.0246. The SMILES string of the molecule is CCC1CCC(CN)C(N(C)CC2CC(O)C2)C1. The van der Waals surface area contributed by atoms with Crippen molar-refractivity contribution in [3.63, 3.8) is 0 Å². The van der Waals surface area contributed by atoms with Crippen molar-refractivity contribution in [2.75, 3.05) is 20.1 Å². The van der Waals surface area contributed by atoms with E-state index in [2.05, 4.69) is 18.9 Å². The van der Waals surface area contributed by atoms with Gasteiger partial charge in [0.05, 0.1) is 6.10 Å². The number of nitrogens with zero attached hydrogens (tertiary/aromatic N) is 1. The van der Waals surface area contributed by atoms with Gasteiger partial charge in [-0.25, -0.2) is 0 Å². The minimum Gasteiger partial charge on any atom is -0.393 e. The first-order chi connectivity index (χ1) is 8.63. The summed E-state index contributed by atoms with van der Waals surface area (Å²) in [6, 6.07) is 0.673. The van der Waals surface area contributed by atoms with Gasteiger partial charge in [0, 0.05) is 12.6 Å². The lowest BCUT2D eigenvalue weighted by Gasteiger charge is -2.44. The van der Waals surface area contributed by atoms with E-state index in [1.807, 2.05) is 0 Å². The van der Waals surface area contributed by atoms with Crippen LogP contribution in [0.2, 0.25) is 0 Å². The highest BCUT2D eigenvalue weighted by molar-refractivity contribution is 4.89. The molecule has 3 nitrogen and oxygen atoms in total. The topological polar surface area (TPSA) is 49.5 Å². The van der Waals surface area contributed by atoms with Gasteiger partial charge < -0.3 is 15.7 Å². The molecule has 3 N–H and O–H groups in total. The van der Waals surface area contributed by atoms with Crippen molar-refractivity contribution in [1.29, 1.82) is 0 Å². The summed E-state index contributed by atoms with van der Waals surface area (Å²) in [6.07, 6.45) is 7.28. The Balaban J connectivity index is 1.86. The molecule has 3 atom stereocenters. The van der Waals surface area contributed by atoms with Gasteiger partial charge in [0.15, 0.2) is 0 Å². The summed E-state index contributed by atoms with van der Waals surface area (Å²) in [6.45, 7) is 4.29. The molecule has 0 heterocycles. The van der Waals surface area contributed by atoms with Crippen molar-refractivity contribution in [1.82, 2.24) is 4.90 Å². The zero-order valence-electron chi connectivity index (χ0n) is 12.0. The normalized spacial score (nSPS) is 40.8. The zero-order chi connectivity index (χ0) is 13.1. The summed E-state index contributed by atoms with van der Waals surface area (Å²) in [5.74, 6) is 2.29. The molecule has 0 saturated heterocycles. The molecule has 2 fully saturated rings. The summed E-state index contributed by atoms with van der Waals surface area (Å²) >= 11 is 0. The average Bonchev–Trinajstić information content (AvgIpc) is 2.36. The van der Waals surface area contributed by atoms with E-state index in [9.17, 15) is 5.11 Å². The van der Waals surface area contributed by atoms with Gasteiger partial charge in [0.1, 0.15) is 0 Å². The van der Waals surface area contributed by atoms with Crippen molar-refractivity contribution in [2.45, 2.75) is 57.6 Å². The highest BCUT2D eigenvalue weighted by Crippen LogP contribution is 2.35. The third kappa shape index (κ3) is 3.25. The molecule has 2 aliphatic carbocycles. The Kier molecular flexibility index (Phi) is 5.05. The van der Waals surface area contributed by atoms with Crippen LogP contribution in [0.25, 0.3) is 0 Å². The van der Waals surface area contributed by atoms with Gasteiger partial charge in [0.2, 0.25) is 0 Å². The van der Waals surface area contributed by atoms with Crippen molar-refractivity contribution in [2.24, 2.45) is 23.5 Å². The third-order valence-electron chi connectivity index (χ3n) is 5.27. The molecule has 0 amide bonds. The number of aliphatic hydroxyl groups excluding tert-OH is 1. The van der Waals surface area contributed by atoms with E-state index in [0.717, 1.165) is 31.8 Å². The number of aliphatic hydroxyl groups is 1. The maximum Gasteiger partial charge on any atom is 0.0546 e. The zero-order valence-corrected chi connectivity index (χ0v) is 12.0. The van der Waals surface area contributed by atoms with Crippen LogP contribution in [0.1, 0.15) is 45.4 Å². The van der Waals surface area contributed by atoms with E-state index in [4.69, 9.17) is 5.73 Å². The predicted molar refractivity (Wildman–Crippen MR) is 75.3 cm³/mol. The van der Waals surface area contributed by atoms with Crippen LogP contribution in [0.5, 0.6) is 0 Å². The highest BCUT2D eigenvalue weighted by Gasteiger charge is 2.34. The van der Waals surface area contributed by atoms with Crippen molar-refractivity contribution >= 4 is 0 Å². The molecule has 18 heavy (non-hydrogen) atoms. The van der Waals surface area contributed by atoms with Crippen molar-refractivity contribution < 1.29 is 5.11 Å². The van der Waals surface area contributed by atoms with Crippen LogP contribution < -0.4 is 5.73 Å². The second-order valence-corrected chi connectivity index (χ2v) is 6.58. The van der Waals surface area contributed by atoms with E-state index in [1.54, 1.807) is 0 Å². The Hall–Kier alpha value is -0.120. The van der Waals surface area contributed by atoms with Gasteiger partial charge in [-0.15, -0.1) is 0 Å². The molecule has 2 saturated carbocycles. The maximum absolute atomic E-state index is 9.38. The molecule has 3 unspecified atom stereocenters. The van der Waals surface area contributed by atoms with Gasteiger partial charge >= 0.3 is 0 Å². The molecule has 0 aliphatic heterocycles. The van der Waals surface area contributed by atoms with Gasteiger partial charge in [-0.05, 0) is 57.0 Å². The van der Waals surface area contributed by atoms with Crippen LogP contribution in [0.3, 0.4) is 0 Å². The summed E-state index contributed by atoms with van der Waals surface area (Å²) in [4.78, 5) is 2.54. The van der Waals surface area contributed by atoms with E-state index in [1.165, 1.54) is 25.7 Å². The highest BCUT2D eigenvalue weighted by atomic mass is 16.3. The molecule has 2 rings (SSSR count). The summed E-state index contributed by atoms with van der Waals surface area (Å²) in [7, 11) is 2.26. The quantitative estimate of drug-likeness (QED) is 0.787. The van der Waals surface area contributed by atoms with Crippen LogP contribution >= 0.6 is 0 Å². The van der Waals surface area contributed by atoms with E-state index in [0.29, 0.717) is 17.9 Å². The standard InChI is InChI=1S/C15H30N2O/c1-3-11-4-5-13(9-16)15(8-11)17(2)10-12-6-14(18)7-12/h11-15,18H,3-10,16H2,1-2H3.